The molecule has 0 unspecified atom stereocenters. The molecule has 3 nitrogen and oxygen atoms in total. The third-order valence-corrected chi connectivity index (χ3v) is 7.04. The summed E-state index contributed by atoms with van der Waals surface area (Å²) in [6.07, 6.45) is 0. The number of benzene rings is 4. The zero-order valence-corrected chi connectivity index (χ0v) is 16.7. The molecule has 2 N–H and O–H groups in total. The van der Waals surface area contributed by atoms with Gasteiger partial charge in [-0.2, -0.15) is 5.26 Å². The molecular weight excluding hydrogens is 388 g/mol. The van der Waals surface area contributed by atoms with Gasteiger partial charge in [-0.1, -0.05) is 60.7 Å². The first-order chi connectivity index (χ1) is 14.8. The Hall–Kier alpha value is -3.81. The van der Waals surface area contributed by atoms with Crippen LogP contribution in [0.2, 0.25) is 0 Å². The molecule has 5 aromatic rings. The van der Waals surface area contributed by atoms with Crippen LogP contribution in [0.25, 0.3) is 31.6 Å². The average Bonchev–Trinajstić information content (AvgIpc) is 3.15. The Balaban J connectivity index is 1.79. The maximum atomic E-state index is 10.1. The SMILES string of the molecule is N#CC1=C(N)Oc2c(sc3ccccc23)[C@@H]1c1c2ccccc2cc2ccccc12. The van der Waals surface area contributed by atoms with E-state index in [-0.39, 0.29) is 11.8 Å². The summed E-state index contributed by atoms with van der Waals surface area (Å²) < 4.78 is 7.14. The van der Waals surface area contributed by atoms with Gasteiger partial charge in [0.2, 0.25) is 5.88 Å². The maximum Gasteiger partial charge on any atom is 0.205 e. The van der Waals surface area contributed by atoms with Crippen molar-refractivity contribution in [2.75, 3.05) is 0 Å². The van der Waals surface area contributed by atoms with Gasteiger partial charge in [-0.3, -0.25) is 0 Å². The smallest absolute Gasteiger partial charge is 0.205 e. The minimum atomic E-state index is -0.271. The summed E-state index contributed by atoms with van der Waals surface area (Å²) >= 11 is 1.68. The van der Waals surface area contributed by atoms with Gasteiger partial charge in [-0.25, -0.2) is 0 Å². The fourth-order valence-electron chi connectivity index (χ4n) is 4.53. The molecule has 0 radical (unpaired) electrons. The molecule has 0 amide bonds. The molecule has 1 atom stereocenters. The quantitative estimate of drug-likeness (QED) is 0.328. The Morgan fingerprint density at radius 3 is 2.10 bits per heavy atom. The van der Waals surface area contributed by atoms with Crippen molar-refractivity contribution in [3.63, 3.8) is 0 Å². The molecule has 1 aliphatic rings. The lowest BCUT2D eigenvalue weighted by molar-refractivity contribution is 0.402. The van der Waals surface area contributed by atoms with E-state index in [1.165, 1.54) is 0 Å². The van der Waals surface area contributed by atoms with E-state index in [2.05, 4.69) is 42.5 Å². The first-order valence-electron chi connectivity index (χ1n) is 9.75. The van der Waals surface area contributed by atoms with E-state index in [9.17, 15) is 5.26 Å². The van der Waals surface area contributed by atoms with Crippen LogP contribution >= 0.6 is 11.3 Å². The summed E-state index contributed by atoms with van der Waals surface area (Å²) in [6, 6.07) is 29.4. The van der Waals surface area contributed by atoms with Crippen molar-refractivity contribution >= 4 is 43.0 Å². The molecule has 0 saturated carbocycles. The Kier molecular flexibility index (Phi) is 3.61. The third kappa shape index (κ3) is 2.30. The second-order valence-corrected chi connectivity index (χ2v) is 8.53. The van der Waals surface area contributed by atoms with Crippen LogP contribution in [0.3, 0.4) is 0 Å². The molecule has 1 aliphatic heterocycles. The molecule has 0 saturated heterocycles. The van der Waals surface area contributed by atoms with E-state index in [1.54, 1.807) is 11.3 Å². The van der Waals surface area contributed by atoms with Crippen LogP contribution in [0.15, 0.2) is 90.3 Å². The van der Waals surface area contributed by atoms with Crippen LogP contribution in [0.1, 0.15) is 16.4 Å². The highest BCUT2D eigenvalue weighted by Crippen LogP contribution is 2.52. The van der Waals surface area contributed by atoms with Gasteiger partial charge in [0.1, 0.15) is 11.6 Å². The van der Waals surface area contributed by atoms with E-state index < -0.39 is 0 Å². The fraction of sp³-hybridized carbons (Fsp3) is 0.0385. The van der Waals surface area contributed by atoms with Crippen LogP contribution in [-0.2, 0) is 0 Å². The molecule has 0 bridgehead atoms. The van der Waals surface area contributed by atoms with Crippen molar-refractivity contribution in [2.45, 2.75) is 5.92 Å². The molecule has 2 heterocycles. The number of hydrogen-bond acceptors (Lipinski definition) is 4. The van der Waals surface area contributed by atoms with Gasteiger partial charge >= 0.3 is 0 Å². The number of nitrogens with zero attached hydrogens (tertiary/aromatic N) is 1. The largest absolute Gasteiger partial charge is 0.439 e. The third-order valence-electron chi connectivity index (χ3n) is 5.83. The highest BCUT2D eigenvalue weighted by molar-refractivity contribution is 7.19. The highest BCUT2D eigenvalue weighted by atomic mass is 32.1. The molecule has 0 fully saturated rings. The van der Waals surface area contributed by atoms with E-state index in [4.69, 9.17) is 10.5 Å². The number of ether oxygens (including phenoxy) is 1. The molecule has 0 aliphatic carbocycles. The molecule has 4 aromatic carbocycles. The van der Waals surface area contributed by atoms with E-state index in [0.29, 0.717) is 5.57 Å². The fourth-order valence-corrected chi connectivity index (χ4v) is 5.78. The number of fused-ring (bicyclic) bond motifs is 5. The second kappa shape index (κ2) is 6.35. The number of thiophene rings is 1. The summed E-state index contributed by atoms with van der Waals surface area (Å²) in [7, 11) is 0. The monoisotopic (exact) mass is 404 g/mol. The topological polar surface area (TPSA) is 59.0 Å². The van der Waals surface area contributed by atoms with Crippen molar-refractivity contribution in [1.29, 1.82) is 5.26 Å². The first-order valence-corrected chi connectivity index (χ1v) is 10.6. The molecule has 1 aromatic heterocycles. The average molecular weight is 404 g/mol. The molecule has 142 valence electrons. The van der Waals surface area contributed by atoms with E-state index >= 15 is 0 Å². The maximum absolute atomic E-state index is 10.1. The minimum Gasteiger partial charge on any atom is -0.439 e. The number of nitriles is 1. The van der Waals surface area contributed by atoms with Gasteiger partial charge in [-0.05, 0) is 45.3 Å². The predicted molar refractivity (Wildman–Crippen MR) is 123 cm³/mol. The van der Waals surface area contributed by atoms with Crippen LogP contribution in [0.5, 0.6) is 5.75 Å². The van der Waals surface area contributed by atoms with Crippen LogP contribution in [0, 0.1) is 11.3 Å². The predicted octanol–water partition coefficient (Wildman–Crippen LogP) is 6.43. The van der Waals surface area contributed by atoms with E-state index in [0.717, 1.165) is 47.8 Å². The van der Waals surface area contributed by atoms with Crippen molar-refractivity contribution in [1.82, 2.24) is 0 Å². The Labute approximate surface area is 177 Å². The van der Waals surface area contributed by atoms with Crippen molar-refractivity contribution in [3.05, 3.63) is 101 Å². The van der Waals surface area contributed by atoms with Crippen LogP contribution < -0.4 is 10.5 Å². The second-order valence-electron chi connectivity index (χ2n) is 7.45. The van der Waals surface area contributed by atoms with Gasteiger partial charge in [0.05, 0.1) is 10.8 Å². The number of nitrogens with two attached hydrogens (primary N) is 1. The Bertz CT molecular complexity index is 1500. The van der Waals surface area contributed by atoms with Crippen LogP contribution in [-0.4, -0.2) is 0 Å². The molecule has 30 heavy (non-hydrogen) atoms. The van der Waals surface area contributed by atoms with Crippen molar-refractivity contribution in [2.24, 2.45) is 5.73 Å². The molecule has 4 heteroatoms. The summed E-state index contributed by atoms with van der Waals surface area (Å²) in [5.74, 6) is 0.692. The van der Waals surface area contributed by atoms with Gasteiger partial charge in [0, 0.05) is 10.1 Å². The zero-order valence-electron chi connectivity index (χ0n) is 15.9. The number of rotatable bonds is 1. The Morgan fingerprint density at radius 1 is 0.833 bits per heavy atom. The first kappa shape index (κ1) is 17.1. The summed E-state index contributed by atoms with van der Waals surface area (Å²) in [5.41, 5.74) is 7.89. The normalized spacial score (nSPS) is 15.9. The van der Waals surface area contributed by atoms with Gasteiger partial charge in [-0.15, -0.1) is 11.3 Å². The molecule has 0 spiro atoms. The Morgan fingerprint density at radius 2 is 1.43 bits per heavy atom. The lowest BCUT2D eigenvalue weighted by Gasteiger charge is -2.26. The highest BCUT2D eigenvalue weighted by Gasteiger charge is 2.35. The number of allylic oxidation sites excluding steroid dienone is 1. The summed E-state index contributed by atoms with van der Waals surface area (Å²) in [6.45, 7) is 0. The lowest BCUT2D eigenvalue weighted by Crippen LogP contribution is -2.20. The molecular formula is C26H16N2OS. The zero-order chi connectivity index (χ0) is 20.2. The lowest BCUT2D eigenvalue weighted by atomic mass is 9.82. The van der Waals surface area contributed by atoms with Gasteiger partial charge in [0.15, 0.2) is 5.75 Å². The van der Waals surface area contributed by atoms with Crippen molar-refractivity contribution < 1.29 is 4.74 Å². The van der Waals surface area contributed by atoms with Crippen LogP contribution in [0.4, 0.5) is 0 Å². The van der Waals surface area contributed by atoms with Crippen molar-refractivity contribution in [3.8, 4) is 11.8 Å². The van der Waals surface area contributed by atoms with E-state index in [1.807, 2.05) is 42.5 Å². The van der Waals surface area contributed by atoms with Gasteiger partial charge < -0.3 is 10.5 Å². The summed E-state index contributed by atoms with van der Waals surface area (Å²) in [4.78, 5) is 1.03. The number of hydrogen-bond donors (Lipinski definition) is 1. The van der Waals surface area contributed by atoms with Gasteiger partial charge in [0.25, 0.3) is 0 Å². The molecule has 6 rings (SSSR count). The summed E-state index contributed by atoms with van der Waals surface area (Å²) in [5, 5.41) is 15.7. The standard InChI is InChI=1S/C26H16N2OS/c27-14-20-23(25-24(29-26(20)28)19-11-5-6-12-21(19)30-25)22-17-9-3-1-7-15(17)13-16-8-2-4-10-18(16)22/h1-13,23H,28H2/t23-/m0/s1. The minimum absolute atomic E-state index is 0.190.